The van der Waals surface area contributed by atoms with Crippen LogP contribution in [0.3, 0.4) is 0 Å². The molecule has 0 atom stereocenters. The van der Waals surface area contributed by atoms with Gasteiger partial charge < -0.3 is 0 Å². The molecule has 1 saturated heterocycles. The van der Waals surface area contributed by atoms with Gasteiger partial charge in [0.1, 0.15) is 0 Å². The topological polar surface area (TPSA) is 74.8 Å². The summed E-state index contributed by atoms with van der Waals surface area (Å²) in [5.74, 6) is 0. The monoisotopic (exact) mass is 332 g/mol. The van der Waals surface area contributed by atoms with Gasteiger partial charge in [0.25, 0.3) is 0 Å². The molecule has 1 heterocycles. The SMILES string of the molecule is CC(C)S(=O)(=O)N1CCN(S(=O)(=O)c2ccccc2)CC1. The molecule has 8 heteroatoms. The highest BCUT2D eigenvalue weighted by atomic mass is 32.2. The number of hydrogen-bond acceptors (Lipinski definition) is 4. The van der Waals surface area contributed by atoms with Crippen molar-refractivity contribution in [3.63, 3.8) is 0 Å². The van der Waals surface area contributed by atoms with Gasteiger partial charge in [0.05, 0.1) is 10.1 Å². The van der Waals surface area contributed by atoms with E-state index in [9.17, 15) is 16.8 Å². The van der Waals surface area contributed by atoms with E-state index in [0.29, 0.717) is 0 Å². The zero-order valence-corrected chi connectivity index (χ0v) is 13.8. The second-order valence-electron chi connectivity index (χ2n) is 5.21. The Hall–Kier alpha value is -0.960. The minimum absolute atomic E-state index is 0.184. The minimum Gasteiger partial charge on any atom is -0.212 e. The van der Waals surface area contributed by atoms with Crippen molar-refractivity contribution < 1.29 is 16.8 Å². The van der Waals surface area contributed by atoms with E-state index in [1.54, 1.807) is 44.2 Å². The molecule has 0 unspecified atom stereocenters. The summed E-state index contributed by atoms with van der Waals surface area (Å²) in [4.78, 5) is 0.241. The van der Waals surface area contributed by atoms with E-state index in [-0.39, 0.29) is 31.1 Å². The van der Waals surface area contributed by atoms with Crippen molar-refractivity contribution in [1.29, 1.82) is 0 Å². The molecule has 1 aliphatic rings. The number of piperazine rings is 1. The summed E-state index contributed by atoms with van der Waals surface area (Å²) in [5, 5.41) is -0.491. The van der Waals surface area contributed by atoms with Crippen LogP contribution in [0.4, 0.5) is 0 Å². The van der Waals surface area contributed by atoms with Crippen molar-refractivity contribution in [2.45, 2.75) is 24.0 Å². The Kier molecular flexibility index (Phi) is 4.72. The van der Waals surface area contributed by atoms with Gasteiger partial charge in [0.15, 0.2) is 0 Å². The highest BCUT2D eigenvalue weighted by Gasteiger charge is 2.33. The first-order valence-electron chi connectivity index (χ1n) is 6.80. The molecule has 0 amide bonds. The second-order valence-corrected chi connectivity index (χ2v) is 9.64. The van der Waals surface area contributed by atoms with E-state index >= 15 is 0 Å². The largest absolute Gasteiger partial charge is 0.243 e. The third-order valence-corrected chi connectivity index (χ3v) is 7.72. The van der Waals surface area contributed by atoms with E-state index in [1.807, 2.05) is 0 Å². The van der Waals surface area contributed by atoms with E-state index < -0.39 is 25.3 Å². The fourth-order valence-corrected chi connectivity index (χ4v) is 4.92. The zero-order valence-electron chi connectivity index (χ0n) is 12.1. The Morgan fingerprint density at radius 1 is 0.857 bits per heavy atom. The summed E-state index contributed by atoms with van der Waals surface area (Å²) in [6.07, 6.45) is 0. The smallest absolute Gasteiger partial charge is 0.212 e. The Balaban J connectivity index is 2.12. The maximum atomic E-state index is 12.4. The first kappa shape index (κ1) is 16.4. The first-order chi connectivity index (χ1) is 9.76. The van der Waals surface area contributed by atoms with Crippen molar-refractivity contribution in [2.24, 2.45) is 0 Å². The maximum absolute atomic E-state index is 12.4. The molecule has 0 aliphatic carbocycles. The molecule has 1 fully saturated rings. The molecule has 118 valence electrons. The molecule has 0 bridgehead atoms. The van der Waals surface area contributed by atoms with Crippen LogP contribution in [0.1, 0.15) is 13.8 Å². The van der Waals surface area contributed by atoms with Crippen molar-refractivity contribution in [3.8, 4) is 0 Å². The number of benzene rings is 1. The lowest BCUT2D eigenvalue weighted by atomic mass is 10.4. The summed E-state index contributed by atoms with van der Waals surface area (Å²) >= 11 is 0. The fraction of sp³-hybridized carbons (Fsp3) is 0.538. The quantitative estimate of drug-likeness (QED) is 0.815. The van der Waals surface area contributed by atoms with Crippen LogP contribution in [0.2, 0.25) is 0 Å². The van der Waals surface area contributed by atoms with E-state index in [0.717, 1.165) is 0 Å². The van der Waals surface area contributed by atoms with Gasteiger partial charge in [0, 0.05) is 26.2 Å². The molecule has 1 aromatic rings. The van der Waals surface area contributed by atoms with Crippen LogP contribution < -0.4 is 0 Å². The predicted octanol–water partition coefficient (Wildman–Crippen LogP) is 0.731. The fourth-order valence-electron chi connectivity index (χ4n) is 2.20. The number of rotatable bonds is 4. The molecule has 1 aliphatic heterocycles. The molecular formula is C13H20N2O4S2. The average molecular weight is 332 g/mol. The van der Waals surface area contributed by atoms with Crippen molar-refractivity contribution >= 4 is 20.0 Å². The van der Waals surface area contributed by atoms with Gasteiger partial charge in [-0.25, -0.2) is 16.8 Å². The van der Waals surface area contributed by atoms with Crippen LogP contribution in [0.5, 0.6) is 0 Å². The lowest BCUT2D eigenvalue weighted by Crippen LogP contribution is -2.51. The van der Waals surface area contributed by atoms with E-state index in [2.05, 4.69) is 0 Å². The van der Waals surface area contributed by atoms with E-state index in [1.165, 1.54) is 8.61 Å². The van der Waals surface area contributed by atoms with Gasteiger partial charge >= 0.3 is 0 Å². The Bertz CT molecular complexity index is 676. The summed E-state index contributed by atoms with van der Waals surface area (Å²) in [6, 6.07) is 8.20. The molecule has 0 saturated carbocycles. The molecule has 0 N–H and O–H groups in total. The molecule has 2 rings (SSSR count). The number of hydrogen-bond donors (Lipinski definition) is 0. The normalized spacial score (nSPS) is 19.0. The highest BCUT2D eigenvalue weighted by molar-refractivity contribution is 7.90. The number of sulfonamides is 2. The van der Waals surface area contributed by atoms with Crippen LogP contribution >= 0.6 is 0 Å². The summed E-state index contributed by atoms with van der Waals surface area (Å²) in [7, 11) is -6.86. The van der Waals surface area contributed by atoms with Gasteiger partial charge in [-0.15, -0.1) is 0 Å². The standard InChI is InChI=1S/C13H20N2O4S2/c1-12(2)20(16,17)14-8-10-15(11-9-14)21(18,19)13-6-4-3-5-7-13/h3-7,12H,8-11H2,1-2H3. The Morgan fingerprint density at radius 3 is 1.81 bits per heavy atom. The molecule has 6 nitrogen and oxygen atoms in total. The van der Waals surface area contributed by atoms with Crippen LogP contribution in [-0.4, -0.2) is 56.9 Å². The first-order valence-corrected chi connectivity index (χ1v) is 9.75. The van der Waals surface area contributed by atoms with Crippen molar-refractivity contribution in [2.75, 3.05) is 26.2 Å². The minimum atomic E-state index is -3.54. The molecule has 0 radical (unpaired) electrons. The van der Waals surface area contributed by atoms with Crippen molar-refractivity contribution in [3.05, 3.63) is 30.3 Å². The van der Waals surface area contributed by atoms with Gasteiger partial charge in [0.2, 0.25) is 20.0 Å². The average Bonchev–Trinajstić information content (AvgIpc) is 2.48. The van der Waals surface area contributed by atoms with Crippen LogP contribution in [0.25, 0.3) is 0 Å². The maximum Gasteiger partial charge on any atom is 0.243 e. The summed E-state index contributed by atoms with van der Waals surface area (Å²) < 4.78 is 51.7. The Labute approximate surface area is 126 Å². The lowest BCUT2D eigenvalue weighted by molar-refractivity contribution is 0.271. The molecule has 1 aromatic carbocycles. The van der Waals surface area contributed by atoms with Gasteiger partial charge in [-0.05, 0) is 26.0 Å². The number of nitrogens with zero attached hydrogens (tertiary/aromatic N) is 2. The van der Waals surface area contributed by atoms with Gasteiger partial charge in [-0.3, -0.25) is 0 Å². The molecule has 21 heavy (non-hydrogen) atoms. The van der Waals surface area contributed by atoms with Crippen LogP contribution in [0.15, 0.2) is 35.2 Å². The van der Waals surface area contributed by atoms with Crippen molar-refractivity contribution in [1.82, 2.24) is 8.61 Å². The molecule has 0 aromatic heterocycles. The van der Waals surface area contributed by atoms with E-state index in [4.69, 9.17) is 0 Å². The zero-order chi connectivity index (χ0) is 15.7. The highest BCUT2D eigenvalue weighted by Crippen LogP contribution is 2.19. The lowest BCUT2D eigenvalue weighted by Gasteiger charge is -2.34. The Morgan fingerprint density at radius 2 is 1.33 bits per heavy atom. The third-order valence-electron chi connectivity index (χ3n) is 3.53. The second kappa shape index (κ2) is 6.04. The predicted molar refractivity (Wildman–Crippen MR) is 80.8 cm³/mol. The molecular weight excluding hydrogens is 312 g/mol. The van der Waals surface area contributed by atoms with Crippen LogP contribution in [-0.2, 0) is 20.0 Å². The molecule has 0 spiro atoms. The van der Waals surface area contributed by atoms with Gasteiger partial charge in [-0.1, -0.05) is 18.2 Å². The third kappa shape index (κ3) is 3.28. The summed E-state index contributed by atoms with van der Waals surface area (Å²) in [6.45, 7) is 4.02. The van der Waals surface area contributed by atoms with Gasteiger partial charge in [-0.2, -0.15) is 8.61 Å². The van der Waals surface area contributed by atoms with Crippen LogP contribution in [0, 0.1) is 0 Å². The summed E-state index contributed by atoms with van der Waals surface area (Å²) in [5.41, 5.74) is 0.